The Balaban J connectivity index is 2.02. The van der Waals surface area contributed by atoms with Crippen LogP contribution in [-0.4, -0.2) is 10.7 Å². The van der Waals surface area contributed by atoms with Crippen molar-refractivity contribution in [2.45, 2.75) is 38.7 Å². The van der Waals surface area contributed by atoms with Crippen LogP contribution in [0.5, 0.6) is 0 Å². The molecular weight excluding hydrogens is 239 g/mol. The lowest BCUT2D eigenvalue weighted by Gasteiger charge is -2.46. The molecule has 1 nitrogen and oxygen atoms in total. The standard InChI is InChI=1S/C14H18ClFO/c1-9(2)11-7-14(17,8-11)6-10-3-4-12(16)5-13(10)15/h3-5,9,11,17H,6-8H2,1-2H3. The van der Waals surface area contributed by atoms with Gasteiger partial charge in [0.2, 0.25) is 0 Å². The molecule has 0 atom stereocenters. The van der Waals surface area contributed by atoms with Crippen molar-refractivity contribution in [1.82, 2.24) is 0 Å². The molecule has 0 amide bonds. The summed E-state index contributed by atoms with van der Waals surface area (Å²) in [4.78, 5) is 0. The highest BCUT2D eigenvalue weighted by Crippen LogP contribution is 2.44. The van der Waals surface area contributed by atoms with Gasteiger partial charge < -0.3 is 5.11 Å². The van der Waals surface area contributed by atoms with E-state index in [1.807, 2.05) is 0 Å². The summed E-state index contributed by atoms with van der Waals surface area (Å²) in [6.45, 7) is 4.35. The molecule has 17 heavy (non-hydrogen) atoms. The first kappa shape index (κ1) is 12.8. The average Bonchev–Trinajstić information content (AvgIpc) is 2.18. The van der Waals surface area contributed by atoms with Crippen LogP contribution < -0.4 is 0 Å². The minimum Gasteiger partial charge on any atom is -0.390 e. The first-order chi connectivity index (χ1) is 7.89. The van der Waals surface area contributed by atoms with Crippen molar-refractivity contribution in [2.24, 2.45) is 11.8 Å². The van der Waals surface area contributed by atoms with Gasteiger partial charge in [-0.25, -0.2) is 4.39 Å². The highest BCUT2D eigenvalue weighted by Gasteiger charge is 2.43. The molecule has 2 rings (SSSR count). The SMILES string of the molecule is CC(C)C1CC(O)(Cc2ccc(F)cc2Cl)C1. The molecule has 3 heteroatoms. The van der Waals surface area contributed by atoms with Gasteiger partial charge in [-0.2, -0.15) is 0 Å². The second-order valence-corrected chi connectivity index (χ2v) is 5.96. The molecule has 1 aromatic rings. The van der Waals surface area contributed by atoms with Crippen molar-refractivity contribution in [2.75, 3.05) is 0 Å². The molecular formula is C14H18ClFO. The lowest BCUT2D eigenvalue weighted by atomic mass is 9.64. The Morgan fingerprint density at radius 1 is 1.47 bits per heavy atom. The smallest absolute Gasteiger partial charge is 0.124 e. The summed E-state index contributed by atoms with van der Waals surface area (Å²) in [5.41, 5.74) is 0.189. The zero-order chi connectivity index (χ0) is 12.6. The van der Waals surface area contributed by atoms with Crippen molar-refractivity contribution in [3.05, 3.63) is 34.6 Å². The van der Waals surface area contributed by atoms with Crippen molar-refractivity contribution in [3.63, 3.8) is 0 Å². The summed E-state index contributed by atoms with van der Waals surface area (Å²) >= 11 is 5.96. The predicted octanol–water partition coefficient (Wildman–Crippen LogP) is 3.82. The summed E-state index contributed by atoms with van der Waals surface area (Å²) < 4.78 is 12.9. The van der Waals surface area contributed by atoms with Gasteiger partial charge in [-0.15, -0.1) is 0 Å². The van der Waals surface area contributed by atoms with Crippen molar-refractivity contribution in [1.29, 1.82) is 0 Å². The fraction of sp³-hybridized carbons (Fsp3) is 0.571. The molecule has 0 heterocycles. The molecule has 1 aliphatic carbocycles. The molecule has 0 unspecified atom stereocenters. The summed E-state index contributed by atoms with van der Waals surface area (Å²) in [6.07, 6.45) is 2.16. The van der Waals surface area contributed by atoms with Gasteiger partial charge in [0.1, 0.15) is 5.82 Å². The molecule has 1 saturated carbocycles. The molecule has 1 N–H and O–H groups in total. The highest BCUT2D eigenvalue weighted by atomic mass is 35.5. The van der Waals surface area contributed by atoms with E-state index in [-0.39, 0.29) is 5.82 Å². The Morgan fingerprint density at radius 2 is 2.12 bits per heavy atom. The third kappa shape index (κ3) is 2.80. The minimum atomic E-state index is -0.642. The van der Waals surface area contributed by atoms with E-state index in [2.05, 4.69) is 13.8 Å². The van der Waals surface area contributed by atoms with Gasteiger partial charge in [-0.3, -0.25) is 0 Å². The van der Waals surface area contributed by atoms with Crippen LogP contribution >= 0.6 is 11.6 Å². The molecule has 1 aliphatic rings. The molecule has 0 bridgehead atoms. The van der Waals surface area contributed by atoms with Crippen LogP contribution in [0.3, 0.4) is 0 Å². The van der Waals surface area contributed by atoms with Crippen LogP contribution in [0.2, 0.25) is 5.02 Å². The van der Waals surface area contributed by atoms with E-state index in [9.17, 15) is 9.50 Å². The van der Waals surface area contributed by atoms with Gasteiger partial charge in [0.15, 0.2) is 0 Å². The van der Waals surface area contributed by atoms with Crippen LogP contribution in [0, 0.1) is 17.7 Å². The first-order valence-corrected chi connectivity index (χ1v) is 6.44. The van der Waals surface area contributed by atoms with Gasteiger partial charge >= 0.3 is 0 Å². The second kappa shape index (κ2) is 4.58. The van der Waals surface area contributed by atoms with Gasteiger partial charge in [0, 0.05) is 11.4 Å². The number of hydrogen-bond acceptors (Lipinski definition) is 1. The fourth-order valence-corrected chi connectivity index (χ4v) is 2.79. The Morgan fingerprint density at radius 3 is 2.65 bits per heavy atom. The van der Waals surface area contributed by atoms with Gasteiger partial charge in [0.05, 0.1) is 5.60 Å². The first-order valence-electron chi connectivity index (χ1n) is 6.06. The van der Waals surface area contributed by atoms with Crippen molar-refractivity contribution >= 4 is 11.6 Å². The van der Waals surface area contributed by atoms with Crippen LogP contribution in [0.15, 0.2) is 18.2 Å². The number of hydrogen-bond donors (Lipinski definition) is 1. The summed E-state index contributed by atoms with van der Waals surface area (Å²) in [7, 11) is 0. The summed E-state index contributed by atoms with van der Waals surface area (Å²) in [5, 5.41) is 10.7. The minimum absolute atomic E-state index is 0.334. The normalized spacial score (nSPS) is 28.2. The van der Waals surface area contributed by atoms with E-state index in [1.54, 1.807) is 6.07 Å². The fourth-order valence-electron chi connectivity index (χ4n) is 2.55. The molecule has 0 spiro atoms. The number of benzene rings is 1. The number of rotatable bonds is 3. The monoisotopic (exact) mass is 256 g/mol. The molecule has 1 aromatic carbocycles. The van der Waals surface area contributed by atoms with Crippen molar-refractivity contribution in [3.8, 4) is 0 Å². The maximum Gasteiger partial charge on any atom is 0.124 e. The third-order valence-corrected chi connectivity index (χ3v) is 4.11. The zero-order valence-corrected chi connectivity index (χ0v) is 11.0. The Hall–Kier alpha value is -0.600. The molecule has 0 saturated heterocycles. The highest BCUT2D eigenvalue weighted by molar-refractivity contribution is 6.31. The number of halogens is 2. The largest absolute Gasteiger partial charge is 0.390 e. The molecule has 0 aliphatic heterocycles. The van der Waals surface area contributed by atoms with Crippen LogP contribution in [0.4, 0.5) is 4.39 Å². The lowest BCUT2D eigenvalue weighted by Crippen LogP contribution is -2.47. The quantitative estimate of drug-likeness (QED) is 0.872. The Kier molecular flexibility index (Phi) is 3.46. The van der Waals surface area contributed by atoms with E-state index in [0.717, 1.165) is 18.4 Å². The zero-order valence-electron chi connectivity index (χ0n) is 10.2. The predicted molar refractivity (Wildman–Crippen MR) is 67.6 cm³/mol. The van der Waals surface area contributed by atoms with E-state index in [0.29, 0.717) is 23.3 Å². The Bertz CT molecular complexity index is 411. The average molecular weight is 257 g/mol. The van der Waals surface area contributed by atoms with E-state index in [4.69, 9.17) is 11.6 Å². The topological polar surface area (TPSA) is 20.2 Å². The van der Waals surface area contributed by atoms with E-state index >= 15 is 0 Å². The summed E-state index contributed by atoms with van der Waals surface area (Å²) in [5.74, 6) is 0.873. The summed E-state index contributed by atoms with van der Waals surface area (Å²) in [6, 6.07) is 4.36. The van der Waals surface area contributed by atoms with Gasteiger partial charge in [-0.1, -0.05) is 31.5 Å². The second-order valence-electron chi connectivity index (χ2n) is 5.55. The molecule has 1 fully saturated rings. The Labute approximate surface area is 107 Å². The molecule has 94 valence electrons. The van der Waals surface area contributed by atoms with Crippen LogP contribution in [0.1, 0.15) is 32.3 Å². The van der Waals surface area contributed by atoms with Crippen LogP contribution in [0.25, 0.3) is 0 Å². The molecule has 0 radical (unpaired) electrons. The lowest BCUT2D eigenvalue weighted by molar-refractivity contribution is -0.0860. The van der Waals surface area contributed by atoms with Crippen LogP contribution in [-0.2, 0) is 6.42 Å². The third-order valence-electron chi connectivity index (χ3n) is 3.76. The van der Waals surface area contributed by atoms with Crippen molar-refractivity contribution < 1.29 is 9.50 Å². The van der Waals surface area contributed by atoms with E-state index < -0.39 is 5.60 Å². The number of aliphatic hydroxyl groups is 1. The maximum absolute atomic E-state index is 12.9. The van der Waals surface area contributed by atoms with Gasteiger partial charge in [0.25, 0.3) is 0 Å². The maximum atomic E-state index is 12.9. The van der Waals surface area contributed by atoms with E-state index in [1.165, 1.54) is 12.1 Å². The molecule has 0 aromatic heterocycles. The van der Waals surface area contributed by atoms with Gasteiger partial charge in [-0.05, 0) is 42.4 Å².